The molecular formula is C20H25ClN2O2. The Morgan fingerprint density at radius 3 is 2.16 bits per heavy atom. The van der Waals surface area contributed by atoms with Gasteiger partial charge in [0.1, 0.15) is 0 Å². The third-order valence-corrected chi connectivity index (χ3v) is 4.61. The van der Waals surface area contributed by atoms with Crippen molar-refractivity contribution in [1.82, 2.24) is 4.90 Å². The zero-order valence-corrected chi connectivity index (χ0v) is 15.3. The topological polar surface area (TPSA) is 43.8 Å². The first-order valence-corrected chi connectivity index (χ1v) is 8.44. The molecule has 0 atom stereocenters. The van der Waals surface area contributed by atoms with Crippen LogP contribution in [0.15, 0.2) is 48.5 Å². The Hall–Kier alpha value is -2.04. The first-order valence-electron chi connectivity index (χ1n) is 8.44. The molecule has 1 N–H and O–H groups in total. The lowest BCUT2D eigenvalue weighted by molar-refractivity contribution is -0.136. The van der Waals surface area contributed by atoms with Crippen molar-refractivity contribution in [3.63, 3.8) is 0 Å². The highest BCUT2D eigenvalue weighted by molar-refractivity contribution is 5.85. The molecule has 1 aliphatic heterocycles. The third kappa shape index (κ3) is 5.21. The Morgan fingerprint density at radius 2 is 1.56 bits per heavy atom. The van der Waals surface area contributed by atoms with Gasteiger partial charge in [-0.1, -0.05) is 42.5 Å². The number of carboxylic acid groups (broad SMARTS) is 1. The van der Waals surface area contributed by atoms with E-state index < -0.39 is 5.97 Å². The van der Waals surface area contributed by atoms with Gasteiger partial charge < -0.3 is 10.0 Å². The minimum absolute atomic E-state index is 0. The fourth-order valence-electron chi connectivity index (χ4n) is 3.26. The van der Waals surface area contributed by atoms with Crippen molar-refractivity contribution in [3.05, 3.63) is 65.2 Å². The number of para-hydroxylation sites is 1. The molecule has 134 valence electrons. The van der Waals surface area contributed by atoms with E-state index in [1.54, 1.807) is 0 Å². The summed E-state index contributed by atoms with van der Waals surface area (Å²) >= 11 is 0. The predicted octanol–water partition coefficient (Wildman–Crippen LogP) is 3.37. The Labute approximate surface area is 155 Å². The van der Waals surface area contributed by atoms with Crippen molar-refractivity contribution in [2.45, 2.75) is 19.9 Å². The Kier molecular flexibility index (Phi) is 6.85. The number of aryl methyl sites for hydroxylation is 1. The smallest absolute Gasteiger partial charge is 0.307 e. The summed E-state index contributed by atoms with van der Waals surface area (Å²) in [5.41, 5.74) is 4.78. The highest BCUT2D eigenvalue weighted by Gasteiger charge is 2.18. The fraction of sp³-hybridized carbons (Fsp3) is 0.350. The van der Waals surface area contributed by atoms with Crippen LogP contribution in [0, 0.1) is 6.92 Å². The van der Waals surface area contributed by atoms with Crippen molar-refractivity contribution >= 4 is 24.1 Å². The van der Waals surface area contributed by atoms with Crippen molar-refractivity contribution in [3.8, 4) is 0 Å². The van der Waals surface area contributed by atoms with E-state index in [9.17, 15) is 4.79 Å². The van der Waals surface area contributed by atoms with Crippen LogP contribution >= 0.6 is 12.4 Å². The van der Waals surface area contributed by atoms with Crippen molar-refractivity contribution in [2.24, 2.45) is 0 Å². The minimum Gasteiger partial charge on any atom is -0.481 e. The molecule has 0 saturated carbocycles. The van der Waals surface area contributed by atoms with Gasteiger partial charge in [0, 0.05) is 38.4 Å². The van der Waals surface area contributed by atoms with E-state index in [1.807, 2.05) is 24.3 Å². The molecule has 1 saturated heterocycles. The van der Waals surface area contributed by atoms with E-state index in [0.29, 0.717) is 0 Å². The number of carboxylic acids is 1. The molecule has 1 aliphatic rings. The maximum absolute atomic E-state index is 10.7. The highest BCUT2D eigenvalue weighted by atomic mass is 35.5. The second-order valence-electron chi connectivity index (χ2n) is 6.44. The number of hydrogen-bond acceptors (Lipinski definition) is 3. The van der Waals surface area contributed by atoms with E-state index >= 15 is 0 Å². The molecule has 0 aromatic heterocycles. The lowest BCUT2D eigenvalue weighted by atomic mass is 10.1. The summed E-state index contributed by atoms with van der Waals surface area (Å²) in [6, 6.07) is 16.5. The van der Waals surface area contributed by atoms with Gasteiger partial charge in [0.2, 0.25) is 0 Å². The summed E-state index contributed by atoms with van der Waals surface area (Å²) in [6.45, 7) is 7.27. The molecule has 2 aromatic rings. The van der Waals surface area contributed by atoms with Crippen LogP contribution in [-0.4, -0.2) is 42.2 Å². The van der Waals surface area contributed by atoms with E-state index in [2.05, 4.69) is 41.0 Å². The Balaban J connectivity index is 0.00000225. The average Bonchev–Trinajstić information content (AvgIpc) is 2.58. The molecule has 4 nitrogen and oxygen atoms in total. The Bertz CT molecular complexity index is 695. The lowest BCUT2D eigenvalue weighted by Crippen LogP contribution is -2.46. The zero-order chi connectivity index (χ0) is 16.9. The third-order valence-electron chi connectivity index (χ3n) is 4.61. The summed E-state index contributed by atoms with van der Waals surface area (Å²) in [5, 5.41) is 8.82. The molecule has 0 aliphatic carbocycles. The molecule has 5 heteroatoms. The SMILES string of the molecule is Cc1ccccc1N1CCN(Cc2ccc(CC(=O)O)cc2)CC1.Cl. The number of benzene rings is 2. The molecule has 25 heavy (non-hydrogen) atoms. The number of halogens is 1. The number of aliphatic carboxylic acids is 1. The number of nitrogens with zero attached hydrogens (tertiary/aromatic N) is 2. The number of piperazine rings is 1. The summed E-state index contributed by atoms with van der Waals surface area (Å²) < 4.78 is 0. The quantitative estimate of drug-likeness (QED) is 0.887. The second kappa shape index (κ2) is 8.88. The van der Waals surface area contributed by atoms with Crippen molar-refractivity contribution < 1.29 is 9.90 Å². The summed E-state index contributed by atoms with van der Waals surface area (Å²) in [6.07, 6.45) is 0.0926. The summed E-state index contributed by atoms with van der Waals surface area (Å²) in [7, 11) is 0. The van der Waals surface area contributed by atoms with Gasteiger partial charge in [0.05, 0.1) is 6.42 Å². The van der Waals surface area contributed by atoms with Crippen LogP contribution in [-0.2, 0) is 17.8 Å². The van der Waals surface area contributed by atoms with Gasteiger partial charge >= 0.3 is 5.97 Å². The molecule has 2 aromatic carbocycles. The van der Waals surface area contributed by atoms with Crippen LogP contribution in [0.2, 0.25) is 0 Å². The van der Waals surface area contributed by atoms with Crippen LogP contribution in [0.3, 0.4) is 0 Å². The van der Waals surface area contributed by atoms with E-state index in [0.717, 1.165) is 38.3 Å². The monoisotopic (exact) mass is 360 g/mol. The Morgan fingerprint density at radius 1 is 0.960 bits per heavy atom. The van der Waals surface area contributed by atoms with Crippen molar-refractivity contribution in [2.75, 3.05) is 31.1 Å². The summed E-state index contributed by atoms with van der Waals surface area (Å²) in [5.74, 6) is -0.782. The maximum atomic E-state index is 10.7. The standard InChI is InChI=1S/C20H24N2O2.ClH/c1-16-4-2-3-5-19(16)22-12-10-21(11-13-22)15-18-8-6-17(7-9-18)14-20(23)24;/h2-9H,10-15H2,1H3,(H,23,24);1H. The minimum atomic E-state index is -0.782. The zero-order valence-electron chi connectivity index (χ0n) is 14.5. The second-order valence-corrected chi connectivity index (χ2v) is 6.44. The van der Waals surface area contributed by atoms with Gasteiger partial charge in [0.15, 0.2) is 0 Å². The van der Waals surface area contributed by atoms with Crippen LogP contribution in [0.25, 0.3) is 0 Å². The molecule has 0 amide bonds. The summed E-state index contributed by atoms with van der Waals surface area (Å²) in [4.78, 5) is 15.6. The van der Waals surface area contributed by atoms with Gasteiger partial charge in [-0.3, -0.25) is 9.69 Å². The van der Waals surface area contributed by atoms with Gasteiger partial charge in [-0.2, -0.15) is 0 Å². The highest BCUT2D eigenvalue weighted by Crippen LogP contribution is 2.21. The van der Waals surface area contributed by atoms with E-state index in [4.69, 9.17) is 5.11 Å². The largest absolute Gasteiger partial charge is 0.481 e. The first kappa shape index (κ1) is 19.3. The van der Waals surface area contributed by atoms with E-state index in [-0.39, 0.29) is 18.8 Å². The normalized spacial score (nSPS) is 14.8. The van der Waals surface area contributed by atoms with Gasteiger partial charge in [-0.25, -0.2) is 0 Å². The molecular weight excluding hydrogens is 336 g/mol. The molecule has 0 unspecified atom stereocenters. The van der Waals surface area contributed by atoms with Gasteiger partial charge in [0.25, 0.3) is 0 Å². The average molecular weight is 361 g/mol. The lowest BCUT2D eigenvalue weighted by Gasteiger charge is -2.36. The number of hydrogen-bond donors (Lipinski definition) is 1. The van der Waals surface area contributed by atoms with E-state index in [1.165, 1.54) is 16.8 Å². The number of carbonyl (C=O) groups is 1. The molecule has 1 heterocycles. The van der Waals surface area contributed by atoms with Crippen LogP contribution in [0.5, 0.6) is 0 Å². The number of anilines is 1. The molecule has 3 rings (SSSR count). The number of rotatable bonds is 5. The van der Waals surface area contributed by atoms with Crippen LogP contribution < -0.4 is 4.90 Å². The fourth-order valence-corrected chi connectivity index (χ4v) is 3.26. The molecule has 0 radical (unpaired) electrons. The van der Waals surface area contributed by atoms with Gasteiger partial charge in [-0.05, 0) is 29.7 Å². The molecule has 0 spiro atoms. The first-order chi connectivity index (χ1) is 11.6. The van der Waals surface area contributed by atoms with Gasteiger partial charge in [-0.15, -0.1) is 12.4 Å². The van der Waals surface area contributed by atoms with Crippen molar-refractivity contribution in [1.29, 1.82) is 0 Å². The maximum Gasteiger partial charge on any atom is 0.307 e. The predicted molar refractivity (Wildman–Crippen MR) is 104 cm³/mol. The molecule has 1 fully saturated rings. The van der Waals surface area contributed by atoms with Crippen LogP contribution in [0.4, 0.5) is 5.69 Å². The van der Waals surface area contributed by atoms with Crippen LogP contribution in [0.1, 0.15) is 16.7 Å². The molecule has 0 bridgehead atoms.